The average Bonchev–Trinajstić information content (AvgIpc) is 2.99. The van der Waals surface area contributed by atoms with Crippen molar-refractivity contribution in [2.75, 3.05) is 0 Å². The summed E-state index contributed by atoms with van der Waals surface area (Å²) in [7, 11) is 0. The molecule has 3 unspecified atom stereocenters. The third-order valence-corrected chi connectivity index (χ3v) is 3.88. The second-order valence-corrected chi connectivity index (χ2v) is 5.07. The Morgan fingerprint density at radius 1 is 1.33 bits per heavy atom. The fourth-order valence-electron chi connectivity index (χ4n) is 2.93. The van der Waals surface area contributed by atoms with Gasteiger partial charge in [-0.2, -0.15) is 0 Å². The normalized spacial score (nSPS) is 29.2. The fraction of sp³-hybridized carbons (Fsp3) is 0.333. The van der Waals surface area contributed by atoms with Gasteiger partial charge in [0.1, 0.15) is 0 Å². The van der Waals surface area contributed by atoms with Crippen molar-refractivity contribution in [3.63, 3.8) is 0 Å². The van der Waals surface area contributed by atoms with Crippen LogP contribution in [0, 0.1) is 33.9 Å². The molecule has 0 aliphatic heterocycles. The van der Waals surface area contributed by atoms with E-state index >= 15 is 0 Å². The maximum Gasteiger partial charge on any atom is 0.277 e. The van der Waals surface area contributed by atoms with Gasteiger partial charge < -0.3 is 0 Å². The van der Waals surface area contributed by atoms with Crippen LogP contribution in [0.25, 0.3) is 6.08 Å². The summed E-state index contributed by atoms with van der Waals surface area (Å²) in [5, 5.41) is 10.5. The monoisotopic (exact) mass is 240 g/mol. The van der Waals surface area contributed by atoms with Crippen LogP contribution in [0.5, 0.6) is 0 Å². The molecule has 2 bridgehead atoms. The first-order valence-corrected chi connectivity index (χ1v) is 6.25. The molecule has 0 aromatic heterocycles. The van der Waals surface area contributed by atoms with Crippen molar-refractivity contribution in [1.82, 2.24) is 0 Å². The Morgan fingerprint density at radius 2 is 2.22 bits per heavy atom. The van der Waals surface area contributed by atoms with E-state index in [0.717, 1.165) is 11.5 Å². The summed E-state index contributed by atoms with van der Waals surface area (Å²) in [5.74, 6) is 2.11. The molecule has 0 N–H and O–H groups in total. The third kappa shape index (κ3) is 2.08. The SMILES string of the molecule is O=[N+]([O-])c1[c]cc(/C=C/C2CC3C=CC2C3)cc1. The van der Waals surface area contributed by atoms with Crippen molar-refractivity contribution in [2.24, 2.45) is 17.8 Å². The summed E-state index contributed by atoms with van der Waals surface area (Å²) < 4.78 is 0. The zero-order valence-corrected chi connectivity index (χ0v) is 9.95. The number of hydrogen-bond donors (Lipinski definition) is 0. The number of hydrogen-bond acceptors (Lipinski definition) is 2. The molecule has 1 fully saturated rings. The van der Waals surface area contributed by atoms with Crippen LogP contribution in [0.15, 0.2) is 36.4 Å². The summed E-state index contributed by atoms with van der Waals surface area (Å²) in [6.07, 6.45) is 11.5. The molecule has 0 spiro atoms. The number of rotatable bonds is 3. The van der Waals surface area contributed by atoms with Gasteiger partial charge >= 0.3 is 0 Å². The highest BCUT2D eigenvalue weighted by Crippen LogP contribution is 2.44. The lowest BCUT2D eigenvalue weighted by Gasteiger charge is -2.12. The van der Waals surface area contributed by atoms with Crippen molar-refractivity contribution in [2.45, 2.75) is 12.8 Å². The van der Waals surface area contributed by atoms with Crippen LogP contribution < -0.4 is 0 Å². The zero-order valence-electron chi connectivity index (χ0n) is 9.95. The molecule has 91 valence electrons. The summed E-state index contributed by atoms with van der Waals surface area (Å²) >= 11 is 0. The summed E-state index contributed by atoms with van der Waals surface area (Å²) in [4.78, 5) is 10.1. The highest BCUT2D eigenvalue weighted by Gasteiger charge is 2.33. The van der Waals surface area contributed by atoms with Crippen LogP contribution in [0.4, 0.5) is 5.69 Å². The first kappa shape index (κ1) is 11.2. The number of benzene rings is 1. The first-order chi connectivity index (χ1) is 8.72. The van der Waals surface area contributed by atoms with Gasteiger partial charge in [-0.1, -0.05) is 24.3 Å². The molecule has 18 heavy (non-hydrogen) atoms. The molecule has 1 saturated carbocycles. The number of non-ortho nitro benzene ring substituents is 1. The van der Waals surface area contributed by atoms with Gasteiger partial charge in [-0.05, 0) is 48.3 Å². The van der Waals surface area contributed by atoms with Crippen molar-refractivity contribution in [3.8, 4) is 0 Å². The van der Waals surface area contributed by atoms with E-state index < -0.39 is 4.92 Å². The molecule has 1 radical (unpaired) electrons. The number of nitro benzene ring substituents is 1. The molecular weight excluding hydrogens is 226 g/mol. The van der Waals surface area contributed by atoms with Crippen LogP contribution in [-0.2, 0) is 0 Å². The molecule has 1 aromatic rings. The highest BCUT2D eigenvalue weighted by molar-refractivity contribution is 5.51. The quantitative estimate of drug-likeness (QED) is 0.460. The van der Waals surface area contributed by atoms with Gasteiger partial charge in [0.15, 0.2) is 0 Å². The molecular formula is C15H14NO2. The first-order valence-electron chi connectivity index (χ1n) is 6.25. The van der Waals surface area contributed by atoms with Crippen molar-refractivity contribution in [3.05, 3.63) is 58.2 Å². The maximum absolute atomic E-state index is 10.5. The van der Waals surface area contributed by atoms with E-state index in [0.29, 0.717) is 11.8 Å². The molecule has 0 amide bonds. The van der Waals surface area contributed by atoms with Gasteiger partial charge in [0, 0.05) is 6.07 Å². The summed E-state index contributed by atoms with van der Waals surface area (Å²) in [6, 6.07) is 7.63. The minimum absolute atomic E-state index is 0.0232. The second kappa shape index (κ2) is 4.41. The number of nitrogens with zero attached hydrogens (tertiary/aromatic N) is 1. The molecule has 0 saturated heterocycles. The van der Waals surface area contributed by atoms with Crippen LogP contribution >= 0.6 is 0 Å². The van der Waals surface area contributed by atoms with Crippen LogP contribution in [0.2, 0.25) is 0 Å². The Balaban J connectivity index is 1.69. The molecule has 0 heterocycles. The lowest BCUT2D eigenvalue weighted by molar-refractivity contribution is -0.385. The molecule has 2 aliphatic rings. The van der Waals surface area contributed by atoms with Crippen LogP contribution in [-0.4, -0.2) is 4.92 Å². The van der Waals surface area contributed by atoms with E-state index in [1.54, 1.807) is 12.1 Å². The van der Waals surface area contributed by atoms with Crippen LogP contribution in [0.1, 0.15) is 18.4 Å². The van der Waals surface area contributed by atoms with Gasteiger partial charge in [-0.15, -0.1) is 0 Å². The van der Waals surface area contributed by atoms with E-state index in [1.807, 2.05) is 0 Å². The third-order valence-electron chi connectivity index (χ3n) is 3.88. The minimum Gasteiger partial charge on any atom is -0.258 e. The average molecular weight is 240 g/mol. The van der Waals surface area contributed by atoms with Gasteiger partial charge in [-0.25, -0.2) is 0 Å². The van der Waals surface area contributed by atoms with Gasteiger partial charge in [0.05, 0.1) is 11.0 Å². The van der Waals surface area contributed by atoms with E-state index in [1.165, 1.54) is 18.9 Å². The largest absolute Gasteiger partial charge is 0.277 e. The summed E-state index contributed by atoms with van der Waals surface area (Å²) in [6.45, 7) is 0. The number of fused-ring (bicyclic) bond motifs is 2. The highest BCUT2D eigenvalue weighted by atomic mass is 16.6. The Bertz CT molecular complexity index is 516. The van der Waals surface area contributed by atoms with Gasteiger partial charge in [0.25, 0.3) is 5.69 Å². The molecule has 1 aromatic carbocycles. The Kier molecular flexibility index (Phi) is 2.74. The Hall–Kier alpha value is -1.90. The maximum atomic E-state index is 10.5. The minimum atomic E-state index is -0.422. The van der Waals surface area contributed by atoms with Crippen LogP contribution in [0.3, 0.4) is 0 Å². The molecule has 3 atom stereocenters. The predicted octanol–water partition coefficient (Wildman–Crippen LogP) is 3.62. The second-order valence-electron chi connectivity index (χ2n) is 5.07. The van der Waals surface area contributed by atoms with Crippen molar-refractivity contribution < 1.29 is 4.92 Å². The lowest BCUT2D eigenvalue weighted by atomic mass is 9.93. The molecule has 3 rings (SSSR count). The summed E-state index contributed by atoms with van der Waals surface area (Å²) in [5.41, 5.74) is 1.00. The Morgan fingerprint density at radius 3 is 2.78 bits per heavy atom. The van der Waals surface area contributed by atoms with Gasteiger partial charge in [-0.3, -0.25) is 10.1 Å². The lowest BCUT2D eigenvalue weighted by Crippen LogP contribution is -2.02. The van der Waals surface area contributed by atoms with Gasteiger partial charge in [0.2, 0.25) is 0 Å². The van der Waals surface area contributed by atoms with E-state index in [4.69, 9.17) is 0 Å². The zero-order chi connectivity index (χ0) is 12.5. The van der Waals surface area contributed by atoms with E-state index in [-0.39, 0.29) is 5.69 Å². The smallest absolute Gasteiger partial charge is 0.258 e. The standard InChI is InChI=1S/C15H14NO2/c17-16(18)15-7-3-11(4-8-15)1-5-13-9-12-2-6-14(13)10-12/h1-7,12-14H,9-10H2/b5-1+. The Labute approximate surface area is 106 Å². The number of allylic oxidation sites excluding steroid dienone is 3. The fourth-order valence-corrected chi connectivity index (χ4v) is 2.93. The number of nitro groups is 1. The topological polar surface area (TPSA) is 43.1 Å². The van der Waals surface area contributed by atoms with Crippen molar-refractivity contribution >= 4 is 11.8 Å². The van der Waals surface area contributed by atoms with E-state index in [2.05, 4.69) is 30.4 Å². The predicted molar refractivity (Wildman–Crippen MR) is 69.8 cm³/mol. The van der Waals surface area contributed by atoms with E-state index in [9.17, 15) is 10.1 Å². The molecule has 2 aliphatic carbocycles. The van der Waals surface area contributed by atoms with Crippen molar-refractivity contribution in [1.29, 1.82) is 0 Å². The molecule has 3 nitrogen and oxygen atoms in total. The molecule has 3 heteroatoms.